The van der Waals surface area contributed by atoms with Crippen molar-refractivity contribution in [2.75, 3.05) is 11.9 Å². The molecule has 0 atom stereocenters. The summed E-state index contributed by atoms with van der Waals surface area (Å²) in [5.74, 6) is -0.931. The summed E-state index contributed by atoms with van der Waals surface area (Å²) in [6, 6.07) is 17.6. The first kappa shape index (κ1) is 13.2. The number of carbonyl (C=O) groups is 1. The standard InChI is InChI=1S/C17H16N2O2/c20-17(21)16-11-14-12(5-4-8-15(14)19-16)9-10-18-13-6-2-1-3-7-13/h1-8,11,18-19H,9-10H2,(H,20,21). The Morgan fingerprint density at radius 3 is 2.67 bits per heavy atom. The minimum Gasteiger partial charge on any atom is -0.477 e. The minimum atomic E-state index is -0.931. The van der Waals surface area contributed by atoms with Gasteiger partial charge in [-0.15, -0.1) is 0 Å². The maximum Gasteiger partial charge on any atom is 0.352 e. The van der Waals surface area contributed by atoms with Crippen LogP contribution in [0.15, 0.2) is 54.6 Å². The van der Waals surface area contributed by atoms with Crippen LogP contribution >= 0.6 is 0 Å². The van der Waals surface area contributed by atoms with Gasteiger partial charge in [-0.2, -0.15) is 0 Å². The lowest BCUT2D eigenvalue weighted by Crippen LogP contribution is -2.04. The van der Waals surface area contributed by atoms with Crippen LogP contribution in [0.2, 0.25) is 0 Å². The summed E-state index contributed by atoms with van der Waals surface area (Å²) in [6.45, 7) is 0.802. The van der Waals surface area contributed by atoms with Crippen LogP contribution in [0.25, 0.3) is 10.9 Å². The number of aromatic amines is 1. The highest BCUT2D eigenvalue weighted by atomic mass is 16.4. The van der Waals surface area contributed by atoms with Gasteiger partial charge in [-0.25, -0.2) is 4.79 Å². The Morgan fingerprint density at radius 2 is 1.90 bits per heavy atom. The van der Waals surface area contributed by atoms with Crippen molar-refractivity contribution in [3.63, 3.8) is 0 Å². The minimum absolute atomic E-state index is 0.230. The van der Waals surface area contributed by atoms with Crippen LogP contribution in [-0.2, 0) is 6.42 Å². The number of hydrogen-bond acceptors (Lipinski definition) is 2. The molecule has 3 rings (SSSR count). The largest absolute Gasteiger partial charge is 0.477 e. The molecule has 106 valence electrons. The molecule has 4 heteroatoms. The van der Waals surface area contributed by atoms with Gasteiger partial charge in [0.25, 0.3) is 0 Å². The van der Waals surface area contributed by atoms with Crippen molar-refractivity contribution >= 4 is 22.6 Å². The summed E-state index contributed by atoms with van der Waals surface area (Å²) in [4.78, 5) is 14.0. The number of para-hydroxylation sites is 1. The number of aromatic carboxylic acids is 1. The maximum atomic E-state index is 11.0. The number of nitrogens with one attached hydrogen (secondary N) is 2. The van der Waals surface area contributed by atoms with Gasteiger partial charge in [0, 0.05) is 23.1 Å². The summed E-state index contributed by atoms with van der Waals surface area (Å²) in [5.41, 5.74) is 3.32. The topological polar surface area (TPSA) is 65.1 Å². The molecule has 0 amide bonds. The van der Waals surface area contributed by atoms with Crippen molar-refractivity contribution in [3.8, 4) is 0 Å². The van der Waals surface area contributed by atoms with E-state index in [1.54, 1.807) is 6.07 Å². The Kier molecular flexibility index (Phi) is 3.60. The SMILES string of the molecule is O=C(O)c1cc2c(CCNc3ccccc3)cccc2[nH]1. The van der Waals surface area contributed by atoms with E-state index in [2.05, 4.69) is 10.3 Å². The lowest BCUT2D eigenvalue weighted by atomic mass is 10.1. The van der Waals surface area contributed by atoms with Crippen molar-refractivity contribution < 1.29 is 9.90 Å². The zero-order chi connectivity index (χ0) is 14.7. The fourth-order valence-corrected chi connectivity index (χ4v) is 2.45. The smallest absolute Gasteiger partial charge is 0.352 e. The second-order valence-corrected chi connectivity index (χ2v) is 4.91. The molecule has 3 aromatic rings. The Balaban J connectivity index is 1.76. The number of carboxylic acids is 1. The summed E-state index contributed by atoms with van der Waals surface area (Å²) in [6.07, 6.45) is 0.836. The van der Waals surface area contributed by atoms with E-state index in [1.165, 1.54) is 0 Å². The molecule has 3 N–H and O–H groups in total. The normalized spacial score (nSPS) is 10.7. The second kappa shape index (κ2) is 5.71. The Hall–Kier alpha value is -2.75. The number of carboxylic acid groups (broad SMARTS) is 1. The molecule has 0 aliphatic rings. The van der Waals surface area contributed by atoms with Crippen LogP contribution < -0.4 is 5.32 Å². The molecule has 4 nitrogen and oxygen atoms in total. The zero-order valence-corrected chi connectivity index (χ0v) is 11.5. The number of aromatic nitrogens is 1. The molecule has 0 bridgehead atoms. The van der Waals surface area contributed by atoms with E-state index in [0.717, 1.165) is 35.1 Å². The van der Waals surface area contributed by atoms with E-state index in [-0.39, 0.29) is 5.69 Å². The van der Waals surface area contributed by atoms with Crippen molar-refractivity contribution in [3.05, 3.63) is 65.9 Å². The molecule has 0 fully saturated rings. The molecule has 0 saturated carbocycles. The van der Waals surface area contributed by atoms with Crippen LogP contribution in [0.1, 0.15) is 16.1 Å². The average molecular weight is 280 g/mol. The van der Waals surface area contributed by atoms with E-state index in [9.17, 15) is 4.79 Å². The van der Waals surface area contributed by atoms with Crippen LogP contribution in [0.3, 0.4) is 0 Å². The fraction of sp³-hybridized carbons (Fsp3) is 0.118. The van der Waals surface area contributed by atoms with Crippen LogP contribution in [0.5, 0.6) is 0 Å². The third-order valence-electron chi connectivity index (χ3n) is 3.48. The molecule has 21 heavy (non-hydrogen) atoms. The van der Waals surface area contributed by atoms with Crippen molar-refractivity contribution in [2.24, 2.45) is 0 Å². The van der Waals surface area contributed by atoms with E-state index >= 15 is 0 Å². The molecule has 1 heterocycles. The summed E-state index contributed by atoms with van der Waals surface area (Å²) >= 11 is 0. The third-order valence-corrected chi connectivity index (χ3v) is 3.48. The molecule has 0 spiro atoms. The van der Waals surface area contributed by atoms with Gasteiger partial charge in [0.1, 0.15) is 5.69 Å². The Bertz CT molecular complexity index is 763. The first-order valence-electron chi connectivity index (χ1n) is 6.87. The molecule has 0 aliphatic carbocycles. The number of H-pyrrole nitrogens is 1. The van der Waals surface area contributed by atoms with E-state index in [4.69, 9.17) is 5.11 Å². The molecule has 0 radical (unpaired) electrons. The van der Waals surface area contributed by atoms with Crippen molar-refractivity contribution in [2.45, 2.75) is 6.42 Å². The quantitative estimate of drug-likeness (QED) is 0.670. The molecule has 1 aromatic heterocycles. The van der Waals surface area contributed by atoms with Gasteiger partial charge in [-0.1, -0.05) is 30.3 Å². The number of benzene rings is 2. The first-order chi connectivity index (χ1) is 10.2. The molecular weight excluding hydrogens is 264 g/mol. The fourth-order valence-electron chi connectivity index (χ4n) is 2.45. The second-order valence-electron chi connectivity index (χ2n) is 4.91. The van der Waals surface area contributed by atoms with Gasteiger partial charge in [0.05, 0.1) is 0 Å². The molecule has 0 aliphatic heterocycles. The molecular formula is C17H16N2O2. The number of fused-ring (bicyclic) bond motifs is 1. The van der Waals surface area contributed by atoms with Gasteiger partial charge in [-0.05, 0) is 36.2 Å². The highest BCUT2D eigenvalue weighted by Crippen LogP contribution is 2.20. The van der Waals surface area contributed by atoms with Crippen molar-refractivity contribution in [1.29, 1.82) is 0 Å². The number of rotatable bonds is 5. The van der Waals surface area contributed by atoms with Gasteiger partial charge < -0.3 is 15.4 Å². The molecule has 0 saturated heterocycles. The van der Waals surface area contributed by atoms with E-state index in [1.807, 2.05) is 48.5 Å². The van der Waals surface area contributed by atoms with E-state index in [0.29, 0.717) is 0 Å². The van der Waals surface area contributed by atoms with Gasteiger partial charge in [0.2, 0.25) is 0 Å². The number of anilines is 1. The molecule has 0 unspecified atom stereocenters. The van der Waals surface area contributed by atoms with Crippen molar-refractivity contribution in [1.82, 2.24) is 4.98 Å². The van der Waals surface area contributed by atoms with Crippen LogP contribution in [0, 0.1) is 0 Å². The van der Waals surface area contributed by atoms with Gasteiger partial charge in [-0.3, -0.25) is 0 Å². The monoisotopic (exact) mass is 280 g/mol. The summed E-state index contributed by atoms with van der Waals surface area (Å²) < 4.78 is 0. The summed E-state index contributed by atoms with van der Waals surface area (Å²) in [7, 11) is 0. The first-order valence-corrected chi connectivity index (χ1v) is 6.87. The predicted molar refractivity (Wildman–Crippen MR) is 83.9 cm³/mol. The zero-order valence-electron chi connectivity index (χ0n) is 11.5. The van der Waals surface area contributed by atoms with Crippen LogP contribution in [0.4, 0.5) is 5.69 Å². The highest BCUT2D eigenvalue weighted by molar-refractivity contribution is 5.95. The lowest BCUT2D eigenvalue weighted by molar-refractivity contribution is 0.0691. The Labute approximate surface area is 122 Å². The predicted octanol–water partition coefficient (Wildman–Crippen LogP) is 3.52. The molecule has 2 aromatic carbocycles. The van der Waals surface area contributed by atoms with Gasteiger partial charge in [0.15, 0.2) is 0 Å². The van der Waals surface area contributed by atoms with E-state index < -0.39 is 5.97 Å². The third kappa shape index (κ3) is 2.89. The summed E-state index contributed by atoms with van der Waals surface area (Å²) in [5, 5.41) is 13.4. The average Bonchev–Trinajstić information content (AvgIpc) is 2.94. The number of hydrogen-bond donors (Lipinski definition) is 3. The highest BCUT2D eigenvalue weighted by Gasteiger charge is 2.09. The Morgan fingerprint density at radius 1 is 1.10 bits per heavy atom. The van der Waals surface area contributed by atoms with Crippen LogP contribution in [-0.4, -0.2) is 22.6 Å². The maximum absolute atomic E-state index is 11.0. The lowest BCUT2D eigenvalue weighted by Gasteiger charge is -2.07. The van der Waals surface area contributed by atoms with Gasteiger partial charge >= 0.3 is 5.97 Å².